The summed E-state index contributed by atoms with van der Waals surface area (Å²) in [6.45, 7) is -0.299. The van der Waals surface area contributed by atoms with Crippen LogP contribution in [0.4, 0.5) is 17.6 Å². The summed E-state index contributed by atoms with van der Waals surface area (Å²) in [6, 6.07) is 0. The van der Waals surface area contributed by atoms with Gasteiger partial charge in [-0.25, -0.2) is 17.6 Å². The van der Waals surface area contributed by atoms with E-state index in [-0.39, 0.29) is 45.2 Å². The first-order valence-corrected chi connectivity index (χ1v) is 4.64. The molecule has 2 N–H and O–H groups in total. The molecule has 8 heteroatoms. The van der Waals surface area contributed by atoms with Gasteiger partial charge in [0.25, 0.3) is 11.8 Å². The summed E-state index contributed by atoms with van der Waals surface area (Å²) < 4.78 is 46.9. The Kier molecular flexibility index (Phi) is 5.95. The number of β-amino-alcohol motifs (C(OH)–C–C–N with tert-alkyl or cyclic N) is 1. The molecule has 2 saturated heterocycles. The van der Waals surface area contributed by atoms with Crippen molar-refractivity contribution >= 4 is 12.4 Å². The monoisotopic (exact) mass is 266 g/mol. The predicted molar refractivity (Wildman–Crippen MR) is 53.5 cm³/mol. The fourth-order valence-electron chi connectivity index (χ4n) is 1.22. The first kappa shape index (κ1) is 15.9. The maximum absolute atomic E-state index is 12.0. The van der Waals surface area contributed by atoms with Gasteiger partial charge in [0.2, 0.25) is 0 Å². The first-order chi connectivity index (χ1) is 6.85. The second kappa shape index (κ2) is 6.00. The largest absolute Gasteiger partial charge is 0.395 e. The van der Waals surface area contributed by atoms with E-state index in [1.807, 2.05) is 0 Å². The third-order valence-electron chi connectivity index (χ3n) is 2.09. The fourth-order valence-corrected chi connectivity index (χ4v) is 1.22. The molecule has 0 bridgehead atoms. The van der Waals surface area contributed by atoms with Crippen LogP contribution >= 0.6 is 12.4 Å². The lowest BCUT2D eigenvalue weighted by molar-refractivity contribution is -0.132. The van der Waals surface area contributed by atoms with Gasteiger partial charge < -0.3 is 10.4 Å². The van der Waals surface area contributed by atoms with Gasteiger partial charge in [-0.05, 0) is 0 Å². The minimum absolute atomic E-state index is 0. The van der Waals surface area contributed by atoms with Crippen LogP contribution < -0.4 is 5.32 Å². The summed E-state index contributed by atoms with van der Waals surface area (Å²) in [5.74, 6) is -4.88. The second-order valence-corrected chi connectivity index (χ2v) is 3.75. The summed E-state index contributed by atoms with van der Waals surface area (Å²) in [6.07, 6.45) is 0. The van der Waals surface area contributed by atoms with Gasteiger partial charge in [-0.1, -0.05) is 0 Å². The average molecular weight is 267 g/mol. The highest BCUT2D eigenvalue weighted by atomic mass is 35.5. The number of hydrogen-bond donors (Lipinski definition) is 2. The van der Waals surface area contributed by atoms with Crippen molar-refractivity contribution < 1.29 is 22.7 Å². The number of nitrogens with zero attached hydrogens (tertiary/aromatic N) is 1. The molecule has 0 aromatic rings. The van der Waals surface area contributed by atoms with E-state index < -0.39 is 11.8 Å². The van der Waals surface area contributed by atoms with Crippen LogP contribution in [0.2, 0.25) is 0 Å². The number of alkyl halides is 4. The van der Waals surface area contributed by atoms with Crippen LogP contribution in [0.5, 0.6) is 0 Å². The van der Waals surface area contributed by atoms with Crippen LogP contribution in [0.25, 0.3) is 0 Å². The van der Waals surface area contributed by atoms with Crippen molar-refractivity contribution in [2.45, 2.75) is 11.8 Å². The molecular formula is C8H15ClF4N2O. The Hall–Kier alpha value is -0.110. The number of aliphatic hydroxyl groups excluding tert-OH is 1. The molecule has 2 rings (SSSR count). The second-order valence-electron chi connectivity index (χ2n) is 3.75. The molecule has 3 nitrogen and oxygen atoms in total. The Bertz CT molecular complexity index is 204. The minimum Gasteiger partial charge on any atom is -0.395 e. The smallest absolute Gasteiger partial charge is 0.272 e. The molecule has 2 fully saturated rings. The predicted octanol–water partition coefficient (Wildman–Crippen LogP) is 0.576. The standard InChI is InChI=1S/C5H9F2NO.C3H5F2N.ClH/c6-5(7)3-8(4-5)1-2-9;4-3(5)1-6-2-3;/h9H,1-4H2;6H,1-2H2;1H. The first-order valence-electron chi connectivity index (χ1n) is 4.64. The topological polar surface area (TPSA) is 35.5 Å². The van der Waals surface area contributed by atoms with E-state index in [0.29, 0.717) is 6.54 Å². The van der Waals surface area contributed by atoms with E-state index in [4.69, 9.17) is 5.11 Å². The molecule has 0 aromatic heterocycles. The maximum Gasteiger partial charge on any atom is 0.272 e. The number of aliphatic hydroxyl groups is 1. The van der Waals surface area contributed by atoms with Gasteiger partial charge in [0.15, 0.2) is 0 Å². The van der Waals surface area contributed by atoms with Crippen LogP contribution in [0, 0.1) is 0 Å². The lowest BCUT2D eigenvalue weighted by Crippen LogP contribution is -2.56. The summed E-state index contributed by atoms with van der Waals surface area (Å²) in [4.78, 5) is 1.51. The van der Waals surface area contributed by atoms with Crippen molar-refractivity contribution in [3.63, 3.8) is 0 Å². The number of likely N-dealkylation sites (tertiary alicyclic amines) is 1. The molecule has 98 valence electrons. The number of nitrogens with one attached hydrogen (secondary N) is 1. The lowest BCUT2D eigenvalue weighted by Gasteiger charge is -2.38. The SMILES string of the molecule is Cl.FC1(F)CNC1.OCCN1CC(F)(F)C1. The molecule has 2 aliphatic heterocycles. The van der Waals surface area contributed by atoms with Crippen LogP contribution in [0.15, 0.2) is 0 Å². The highest BCUT2D eigenvalue weighted by Gasteiger charge is 2.43. The molecule has 0 aromatic carbocycles. The molecule has 0 atom stereocenters. The van der Waals surface area contributed by atoms with Crippen molar-refractivity contribution in [3.05, 3.63) is 0 Å². The van der Waals surface area contributed by atoms with Crippen LogP contribution in [0.3, 0.4) is 0 Å². The minimum atomic E-state index is -2.49. The molecule has 0 saturated carbocycles. The van der Waals surface area contributed by atoms with Crippen molar-refractivity contribution in [1.29, 1.82) is 0 Å². The fraction of sp³-hybridized carbons (Fsp3) is 1.00. The highest BCUT2D eigenvalue weighted by molar-refractivity contribution is 5.85. The molecular weight excluding hydrogens is 252 g/mol. The van der Waals surface area contributed by atoms with Crippen molar-refractivity contribution in [3.8, 4) is 0 Å². The Labute approximate surface area is 97.2 Å². The van der Waals surface area contributed by atoms with Gasteiger partial charge >= 0.3 is 0 Å². The quantitative estimate of drug-likeness (QED) is 0.718. The zero-order valence-electron chi connectivity index (χ0n) is 8.56. The maximum atomic E-state index is 12.0. The van der Waals surface area contributed by atoms with E-state index in [2.05, 4.69) is 5.32 Å². The normalized spacial score (nSPS) is 25.3. The summed E-state index contributed by atoms with van der Waals surface area (Å²) in [7, 11) is 0. The number of hydrogen-bond acceptors (Lipinski definition) is 3. The molecule has 0 unspecified atom stereocenters. The summed E-state index contributed by atoms with van der Waals surface area (Å²) >= 11 is 0. The molecule has 0 radical (unpaired) electrons. The van der Waals surface area contributed by atoms with Crippen molar-refractivity contribution in [2.24, 2.45) is 0 Å². The lowest BCUT2D eigenvalue weighted by atomic mass is 10.1. The van der Waals surface area contributed by atoms with E-state index in [0.717, 1.165) is 0 Å². The van der Waals surface area contributed by atoms with Crippen LogP contribution in [0.1, 0.15) is 0 Å². The van der Waals surface area contributed by atoms with Gasteiger partial charge in [0.1, 0.15) is 0 Å². The zero-order valence-corrected chi connectivity index (χ0v) is 9.37. The van der Waals surface area contributed by atoms with Gasteiger partial charge in [-0.3, -0.25) is 4.90 Å². The van der Waals surface area contributed by atoms with Crippen molar-refractivity contribution in [1.82, 2.24) is 10.2 Å². The van der Waals surface area contributed by atoms with Crippen LogP contribution in [-0.4, -0.2) is 61.2 Å². The highest BCUT2D eigenvalue weighted by Crippen LogP contribution is 2.25. The molecule has 0 amide bonds. The molecule has 0 spiro atoms. The number of rotatable bonds is 2. The van der Waals surface area contributed by atoms with Crippen LogP contribution in [-0.2, 0) is 0 Å². The number of halogens is 5. The Morgan fingerprint density at radius 1 is 1.06 bits per heavy atom. The molecule has 16 heavy (non-hydrogen) atoms. The third-order valence-corrected chi connectivity index (χ3v) is 2.09. The van der Waals surface area contributed by atoms with Gasteiger partial charge in [-0.2, -0.15) is 0 Å². The van der Waals surface area contributed by atoms with E-state index in [1.54, 1.807) is 0 Å². The van der Waals surface area contributed by atoms with Crippen molar-refractivity contribution in [2.75, 3.05) is 39.3 Å². The molecule has 0 aliphatic carbocycles. The molecule has 2 aliphatic rings. The molecule has 2 heterocycles. The average Bonchev–Trinajstić information content (AvgIpc) is 2.00. The van der Waals surface area contributed by atoms with E-state index in [9.17, 15) is 17.6 Å². The van der Waals surface area contributed by atoms with Gasteiger partial charge in [0, 0.05) is 6.54 Å². The Balaban J connectivity index is 0.000000283. The third kappa shape index (κ3) is 5.29. The van der Waals surface area contributed by atoms with Gasteiger partial charge in [-0.15, -0.1) is 12.4 Å². The van der Waals surface area contributed by atoms with E-state index in [1.165, 1.54) is 4.90 Å². The summed E-state index contributed by atoms with van der Waals surface area (Å²) in [5.41, 5.74) is 0. The zero-order chi connectivity index (χ0) is 11.5. The van der Waals surface area contributed by atoms with Gasteiger partial charge in [0.05, 0.1) is 32.8 Å². The Morgan fingerprint density at radius 3 is 1.69 bits per heavy atom. The Morgan fingerprint density at radius 2 is 1.50 bits per heavy atom. The van der Waals surface area contributed by atoms with E-state index >= 15 is 0 Å². The summed E-state index contributed by atoms with van der Waals surface area (Å²) in [5, 5.41) is 10.7.